The molecule has 0 radical (unpaired) electrons. The number of hydrogen-bond acceptors (Lipinski definition) is 2. The summed E-state index contributed by atoms with van der Waals surface area (Å²) in [7, 11) is 0. The molecule has 0 fully saturated rings. The van der Waals surface area contributed by atoms with E-state index in [-0.39, 0.29) is 5.82 Å². The van der Waals surface area contributed by atoms with Gasteiger partial charge in [0.25, 0.3) is 0 Å². The highest BCUT2D eigenvalue weighted by atomic mass is 79.9. The van der Waals surface area contributed by atoms with Gasteiger partial charge < -0.3 is 5.73 Å². The summed E-state index contributed by atoms with van der Waals surface area (Å²) in [6, 6.07) is 10.8. The lowest BCUT2D eigenvalue weighted by Gasteiger charge is -2.07. The Hall–Kier alpha value is -1.88. The largest absolute Gasteiger partial charge is 0.369 e. The number of hydrogen-bond donors (Lipinski definition) is 1. The molecule has 1 aromatic heterocycles. The van der Waals surface area contributed by atoms with Crippen molar-refractivity contribution in [3.05, 3.63) is 52.3 Å². The molecule has 3 aromatic rings. The van der Waals surface area contributed by atoms with Crippen LogP contribution >= 0.6 is 15.9 Å². The van der Waals surface area contributed by atoms with Crippen LogP contribution in [0.25, 0.3) is 16.7 Å². The van der Waals surface area contributed by atoms with Crippen LogP contribution in [0.4, 0.5) is 10.3 Å². The van der Waals surface area contributed by atoms with Crippen LogP contribution in [0, 0.1) is 12.7 Å². The minimum absolute atomic E-state index is 0.328. The van der Waals surface area contributed by atoms with E-state index in [0.29, 0.717) is 16.1 Å². The van der Waals surface area contributed by atoms with E-state index >= 15 is 0 Å². The molecule has 5 heteroatoms. The van der Waals surface area contributed by atoms with Crippen LogP contribution in [0.2, 0.25) is 0 Å². The Labute approximate surface area is 118 Å². The van der Waals surface area contributed by atoms with Gasteiger partial charge >= 0.3 is 0 Å². The second kappa shape index (κ2) is 4.35. The second-order valence-corrected chi connectivity index (χ2v) is 5.25. The summed E-state index contributed by atoms with van der Waals surface area (Å²) in [6.07, 6.45) is 0. The molecule has 3 nitrogen and oxygen atoms in total. The number of rotatable bonds is 1. The molecule has 0 unspecified atom stereocenters. The normalized spacial score (nSPS) is 11.1. The Morgan fingerprint density at radius 2 is 2.00 bits per heavy atom. The number of nitrogens with two attached hydrogens (primary N) is 1. The van der Waals surface area contributed by atoms with Crippen molar-refractivity contribution in [1.29, 1.82) is 0 Å². The molecular formula is C14H11BrFN3. The van der Waals surface area contributed by atoms with Gasteiger partial charge in [0.15, 0.2) is 0 Å². The van der Waals surface area contributed by atoms with Gasteiger partial charge in [-0.15, -0.1) is 0 Å². The SMILES string of the molecule is Cc1ccc2c(c1)nc(N)n2-c1ccc(Br)c(F)c1. The van der Waals surface area contributed by atoms with Crippen LogP contribution < -0.4 is 5.73 Å². The highest BCUT2D eigenvalue weighted by molar-refractivity contribution is 9.10. The maximum atomic E-state index is 13.6. The molecule has 0 saturated carbocycles. The van der Waals surface area contributed by atoms with E-state index in [1.54, 1.807) is 16.7 Å². The molecule has 2 N–H and O–H groups in total. The number of benzene rings is 2. The predicted octanol–water partition coefficient (Wildman–Crippen LogP) is 3.82. The van der Waals surface area contributed by atoms with E-state index in [1.165, 1.54) is 6.07 Å². The van der Waals surface area contributed by atoms with Crippen molar-refractivity contribution < 1.29 is 4.39 Å². The summed E-state index contributed by atoms with van der Waals surface area (Å²) < 4.78 is 15.8. The molecule has 0 saturated heterocycles. The van der Waals surface area contributed by atoms with Gasteiger partial charge in [-0.3, -0.25) is 4.57 Å². The third kappa shape index (κ3) is 2.00. The molecule has 19 heavy (non-hydrogen) atoms. The summed E-state index contributed by atoms with van der Waals surface area (Å²) in [5, 5.41) is 0. The van der Waals surface area contributed by atoms with Crippen molar-refractivity contribution >= 4 is 32.9 Å². The summed E-state index contributed by atoms with van der Waals surface area (Å²) in [5.41, 5.74) is 9.38. The van der Waals surface area contributed by atoms with Gasteiger partial charge in [0, 0.05) is 0 Å². The van der Waals surface area contributed by atoms with Gasteiger partial charge in [0.05, 0.1) is 21.2 Å². The number of imidazole rings is 1. The fraction of sp³-hybridized carbons (Fsp3) is 0.0714. The van der Waals surface area contributed by atoms with E-state index in [1.807, 2.05) is 25.1 Å². The number of aromatic nitrogens is 2. The van der Waals surface area contributed by atoms with Crippen molar-refractivity contribution in [2.75, 3.05) is 5.73 Å². The minimum atomic E-state index is -0.328. The molecule has 1 heterocycles. The van der Waals surface area contributed by atoms with Crippen molar-refractivity contribution in [1.82, 2.24) is 9.55 Å². The van der Waals surface area contributed by atoms with Gasteiger partial charge in [-0.2, -0.15) is 0 Å². The summed E-state index contributed by atoms with van der Waals surface area (Å²) >= 11 is 3.14. The minimum Gasteiger partial charge on any atom is -0.369 e. The molecule has 0 aliphatic carbocycles. The average molecular weight is 320 g/mol. The Morgan fingerprint density at radius 1 is 1.21 bits per heavy atom. The van der Waals surface area contributed by atoms with E-state index < -0.39 is 0 Å². The Bertz CT molecular complexity index is 780. The molecule has 3 rings (SSSR count). The van der Waals surface area contributed by atoms with E-state index in [9.17, 15) is 4.39 Å². The van der Waals surface area contributed by atoms with E-state index in [2.05, 4.69) is 20.9 Å². The standard InChI is InChI=1S/C14H11BrFN3/c1-8-2-5-13-12(6-8)18-14(17)19(13)9-3-4-10(15)11(16)7-9/h2-7H,1H3,(H2,17,18). The Balaban J connectivity index is 2.29. The smallest absolute Gasteiger partial charge is 0.205 e. The summed E-state index contributed by atoms with van der Waals surface area (Å²) in [4.78, 5) is 4.31. The van der Waals surface area contributed by atoms with Crippen molar-refractivity contribution in [3.8, 4) is 5.69 Å². The lowest BCUT2D eigenvalue weighted by molar-refractivity contribution is 0.620. The van der Waals surface area contributed by atoms with Crippen LogP contribution in [0.1, 0.15) is 5.56 Å². The first-order valence-corrected chi connectivity index (χ1v) is 6.55. The van der Waals surface area contributed by atoms with Gasteiger partial charge in [0.1, 0.15) is 5.82 Å². The molecule has 0 aliphatic heterocycles. The maximum Gasteiger partial charge on any atom is 0.205 e. The molecule has 0 amide bonds. The average Bonchev–Trinajstić information content (AvgIpc) is 2.68. The summed E-state index contributed by atoms with van der Waals surface area (Å²) in [6.45, 7) is 1.99. The quantitative estimate of drug-likeness (QED) is 0.741. The molecule has 0 aliphatic rings. The number of nitrogens with zero attached hydrogens (tertiary/aromatic N) is 2. The van der Waals surface area contributed by atoms with Gasteiger partial charge in [-0.25, -0.2) is 9.37 Å². The number of fused-ring (bicyclic) bond motifs is 1. The molecule has 0 spiro atoms. The van der Waals surface area contributed by atoms with Gasteiger partial charge in [-0.1, -0.05) is 6.07 Å². The fourth-order valence-electron chi connectivity index (χ4n) is 2.10. The Kier molecular flexibility index (Phi) is 2.78. The zero-order valence-corrected chi connectivity index (χ0v) is 11.8. The van der Waals surface area contributed by atoms with Crippen LogP contribution in [0.3, 0.4) is 0 Å². The molecule has 0 atom stereocenters. The van der Waals surface area contributed by atoms with Crippen LogP contribution in [0.5, 0.6) is 0 Å². The lowest BCUT2D eigenvalue weighted by Crippen LogP contribution is -2.01. The zero-order valence-electron chi connectivity index (χ0n) is 10.2. The van der Waals surface area contributed by atoms with E-state index in [4.69, 9.17) is 5.73 Å². The van der Waals surface area contributed by atoms with E-state index in [0.717, 1.165) is 16.6 Å². The zero-order chi connectivity index (χ0) is 13.6. The molecule has 0 bridgehead atoms. The second-order valence-electron chi connectivity index (χ2n) is 4.40. The highest BCUT2D eigenvalue weighted by Gasteiger charge is 2.11. The monoisotopic (exact) mass is 319 g/mol. The van der Waals surface area contributed by atoms with Gasteiger partial charge in [-0.05, 0) is 58.7 Å². The molecule has 96 valence electrons. The third-order valence-electron chi connectivity index (χ3n) is 3.00. The summed E-state index contributed by atoms with van der Waals surface area (Å²) in [5.74, 6) is 0.0215. The van der Waals surface area contributed by atoms with Crippen LogP contribution in [-0.2, 0) is 0 Å². The van der Waals surface area contributed by atoms with Crippen LogP contribution in [0.15, 0.2) is 40.9 Å². The van der Waals surface area contributed by atoms with Crippen molar-refractivity contribution in [2.45, 2.75) is 6.92 Å². The number of anilines is 1. The predicted molar refractivity (Wildman–Crippen MR) is 77.9 cm³/mol. The highest BCUT2D eigenvalue weighted by Crippen LogP contribution is 2.26. The molecular weight excluding hydrogens is 309 g/mol. The fourth-order valence-corrected chi connectivity index (χ4v) is 2.35. The van der Waals surface area contributed by atoms with Crippen LogP contribution in [-0.4, -0.2) is 9.55 Å². The Morgan fingerprint density at radius 3 is 2.74 bits per heavy atom. The lowest BCUT2D eigenvalue weighted by atomic mass is 10.2. The molecule has 2 aromatic carbocycles. The number of halogens is 2. The van der Waals surface area contributed by atoms with Crippen molar-refractivity contribution in [3.63, 3.8) is 0 Å². The first-order valence-electron chi connectivity index (χ1n) is 5.76. The third-order valence-corrected chi connectivity index (χ3v) is 3.64. The first-order chi connectivity index (χ1) is 9.06. The van der Waals surface area contributed by atoms with Crippen molar-refractivity contribution in [2.24, 2.45) is 0 Å². The maximum absolute atomic E-state index is 13.6. The topological polar surface area (TPSA) is 43.8 Å². The number of aryl methyl sites for hydroxylation is 1. The first kappa shape index (κ1) is 12.2. The van der Waals surface area contributed by atoms with Gasteiger partial charge in [0.2, 0.25) is 5.95 Å². The number of nitrogen functional groups attached to an aromatic ring is 1.